The number of nitrogens with zero attached hydrogens (tertiary/aromatic N) is 2. The van der Waals surface area contributed by atoms with Crippen LogP contribution in [0.4, 0.5) is 4.39 Å². The molecule has 0 aliphatic carbocycles. The van der Waals surface area contributed by atoms with Crippen LogP contribution in [0.5, 0.6) is 0 Å². The maximum atomic E-state index is 14.2. The molecule has 10 heteroatoms. The first-order valence-corrected chi connectivity index (χ1v) is 8.55. The predicted molar refractivity (Wildman–Crippen MR) is 102 cm³/mol. The van der Waals surface area contributed by atoms with E-state index in [1.165, 1.54) is 24.1 Å². The van der Waals surface area contributed by atoms with Crippen molar-refractivity contribution < 1.29 is 23.5 Å². The lowest BCUT2D eigenvalue weighted by atomic mass is 9.92. The number of carbonyl (C=O) groups excluding carboxylic acids is 2. The standard InChI is InChI=1S/C17H19BrFN3O4.ClH/c1-4-26-15(23)13-14(16(24)25-3)22(9-21-13)8-17(2,20)11-7-10(18)5-6-12(11)19;/h5-7,9H,4,8,20H2,1-3H3;1H/t17-;/m0./s1. The summed E-state index contributed by atoms with van der Waals surface area (Å²) in [5.74, 6) is -2.00. The van der Waals surface area contributed by atoms with E-state index in [0.29, 0.717) is 4.47 Å². The van der Waals surface area contributed by atoms with Crippen LogP contribution in [0.2, 0.25) is 0 Å². The zero-order valence-corrected chi connectivity index (χ0v) is 17.4. The highest BCUT2D eigenvalue weighted by molar-refractivity contribution is 9.10. The monoisotopic (exact) mass is 463 g/mol. The summed E-state index contributed by atoms with van der Waals surface area (Å²) in [4.78, 5) is 28.1. The highest BCUT2D eigenvalue weighted by Crippen LogP contribution is 2.27. The fourth-order valence-corrected chi connectivity index (χ4v) is 2.90. The van der Waals surface area contributed by atoms with Gasteiger partial charge in [0.15, 0.2) is 11.4 Å². The minimum atomic E-state index is -1.19. The Hall–Kier alpha value is -1.97. The molecule has 1 aromatic carbocycles. The van der Waals surface area contributed by atoms with Gasteiger partial charge in [0.25, 0.3) is 0 Å². The summed E-state index contributed by atoms with van der Waals surface area (Å²) >= 11 is 3.29. The second kappa shape index (κ2) is 9.29. The summed E-state index contributed by atoms with van der Waals surface area (Å²) < 4.78 is 25.9. The van der Waals surface area contributed by atoms with Gasteiger partial charge < -0.3 is 19.8 Å². The lowest BCUT2D eigenvalue weighted by Gasteiger charge is -2.27. The zero-order valence-electron chi connectivity index (χ0n) is 15.0. The van der Waals surface area contributed by atoms with E-state index >= 15 is 0 Å². The van der Waals surface area contributed by atoms with E-state index in [9.17, 15) is 14.0 Å². The zero-order chi connectivity index (χ0) is 19.5. The first-order chi connectivity index (χ1) is 12.2. The van der Waals surface area contributed by atoms with Crippen molar-refractivity contribution >= 4 is 40.3 Å². The smallest absolute Gasteiger partial charge is 0.359 e. The Labute approximate surface area is 170 Å². The number of benzene rings is 1. The number of hydrogen-bond acceptors (Lipinski definition) is 6. The van der Waals surface area contributed by atoms with Crippen LogP contribution in [0.3, 0.4) is 0 Å². The second-order valence-corrected chi connectivity index (χ2v) is 6.74. The number of rotatable bonds is 6. The molecule has 27 heavy (non-hydrogen) atoms. The normalized spacial score (nSPS) is 12.7. The first kappa shape index (κ1) is 23.1. The van der Waals surface area contributed by atoms with Gasteiger partial charge in [-0.2, -0.15) is 0 Å². The van der Waals surface area contributed by atoms with Crippen LogP contribution in [0.15, 0.2) is 29.0 Å². The molecule has 2 N–H and O–H groups in total. The molecule has 0 aliphatic heterocycles. The lowest BCUT2D eigenvalue weighted by molar-refractivity contribution is 0.0494. The Morgan fingerprint density at radius 1 is 1.37 bits per heavy atom. The molecule has 0 fully saturated rings. The topological polar surface area (TPSA) is 96.4 Å². The molecule has 2 aromatic rings. The van der Waals surface area contributed by atoms with Crippen molar-refractivity contribution in [3.63, 3.8) is 0 Å². The van der Waals surface area contributed by atoms with Crippen molar-refractivity contribution in [1.29, 1.82) is 0 Å². The molecular weight excluding hydrogens is 445 g/mol. The minimum absolute atomic E-state index is 0. The van der Waals surface area contributed by atoms with E-state index in [0.717, 1.165) is 0 Å². The highest BCUT2D eigenvalue weighted by Gasteiger charge is 2.31. The summed E-state index contributed by atoms with van der Waals surface area (Å²) in [5, 5.41) is 0. The Bertz CT molecular complexity index is 842. The summed E-state index contributed by atoms with van der Waals surface area (Å²) in [5.41, 5.74) is 5.09. The van der Waals surface area contributed by atoms with Crippen LogP contribution < -0.4 is 5.73 Å². The van der Waals surface area contributed by atoms with Gasteiger partial charge in [0.2, 0.25) is 0 Å². The summed E-state index contributed by atoms with van der Waals surface area (Å²) in [6.45, 7) is 3.37. The number of nitrogens with two attached hydrogens (primary N) is 1. The van der Waals surface area contributed by atoms with Gasteiger partial charge in [-0.25, -0.2) is 19.0 Å². The molecule has 0 saturated heterocycles. The number of aromatic nitrogens is 2. The van der Waals surface area contributed by atoms with Crippen molar-refractivity contribution in [2.24, 2.45) is 5.73 Å². The highest BCUT2D eigenvalue weighted by atomic mass is 79.9. The SMILES string of the molecule is CCOC(=O)c1ncn(C[C@](C)(N)c2cc(Br)ccc2F)c1C(=O)OC.Cl. The van der Waals surface area contributed by atoms with E-state index in [-0.39, 0.29) is 42.5 Å². The number of imidazole rings is 1. The molecule has 0 saturated carbocycles. The average molecular weight is 465 g/mol. The van der Waals surface area contributed by atoms with Crippen LogP contribution in [-0.2, 0) is 21.6 Å². The molecular formula is C17H20BrClFN3O4. The van der Waals surface area contributed by atoms with Crippen LogP contribution in [0.25, 0.3) is 0 Å². The molecule has 1 aromatic heterocycles. The van der Waals surface area contributed by atoms with Crippen LogP contribution in [-0.4, -0.2) is 35.2 Å². The summed E-state index contributed by atoms with van der Waals surface area (Å²) in [6, 6.07) is 4.42. The van der Waals surface area contributed by atoms with E-state index < -0.39 is 23.3 Å². The van der Waals surface area contributed by atoms with E-state index in [2.05, 4.69) is 20.9 Å². The van der Waals surface area contributed by atoms with Crippen molar-refractivity contribution in [2.45, 2.75) is 25.9 Å². The lowest BCUT2D eigenvalue weighted by Crippen LogP contribution is -2.39. The first-order valence-electron chi connectivity index (χ1n) is 7.76. The number of carbonyl (C=O) groups is 2. The number of methoxy groups -OCH3 is 1. The minimum Gasteiger partial charge on any atom is -0.464 e. The van der Waals surface area contributed by atoms with Gasteiger partial charge in [-0.1, -0.05) is 15.9 Å². The average Bonchev–Trinajstić information content (AvgIpc) is 2.99. The molecule has 0 aliphatic rings. The molecule has 2 rings (SSSR count). The summed E-state index contributed by atoms with van der Waals surface area (Å²) in [7, 11) is 1.18. The van der Waals surface area contributed by atoms with Gasteiger partial charge >= 0.3 is 11.9 Å². The molecule has 0 bridgehead atoms. The molecule has 1 heterocycles. The fourth-order valence-electron chi connectivity index (χ4n) is 2.54. The van der Waals surface area contributed by atoms with Gasteiger partial charge in [0.05, 0.1) is 25.6 Å². The Morgan fingerprint density at radius 2 is 2.04 bits per heavy atom. The third kappa shape index (κ3) is 5.06. The molecule has 0 radical (unpaired) electrons. The predicted octanol–water partition coefficient (Wildman–Crippen LogP) is 3.04. The molecule has 148 valence electrons. The van der Waals surface area contributed by atoms with Crippen molar-refractivity contribution in [1.82, 2.24) is 9.55 Å². The van der Waals surface area contributed by atoms with Gasteiger partial charge in [0, 0.05) is 16.6 Å². The number of ether oxygens (including phenoxy) is 2. The van der Waals surface area contributed by atoms with Crippen LogP contribution in [0.1, 0.15) is 40.4 Å². The third-order valence-electron chi connectivity index (χ3n) is 3.73. The molecule has 7 nitrogen and oxygen atoms in total. The van der Waals surface area contributed by atoms with Crippen molar-refractivity contribution in [3.8, 4) is 0 Å². The molecule has 1 atom stereocenters. The van der Waals surface area contributed by atoms with Gasteiger partial charge in [0.1, 0.15) is 5.82 Å². The van der Waals surface area contributed by atoms with Gasteiger partial charge in [-0.15, -0.1) is 12.4 Å². The third-order valence-corrected chi connectivity index (χ3v) is 4.22. The largest absolute Gasteiger partial charge is 0.464 e. The Kier molecular flexibility index (Phi) is 7.94. The van der Waals surface area contributed by atoms with Crippen LogP contribution >= 0.6 is 28.3 Å². The number of hydrogen-bond donors (Lipinski definition) is 1. The maximum absolute atomic E-state index is 14.2. The van der Waals surface area contributed by atoms with E-state index in [4.69, 9.17) is 15.2 Å². The van der Waals surface area contributed by atoms with Crippen LogP contribution in [0, 0.1) is 5.82 Å². The number of halogens is 3. The van der Waals surface area contributed by atoms with Gasteiger partial charge in [-0.3, -0.25) is 0 Å². The van der Waals surface area contributed by atoms with Crippen molar-refractivity contribution in [2.75, 3.05) is 13.7 Å². The second-order valence-electron chi connectivity index (χ2n) is 5.82. The quantitative estimate of drug-likeness (QED) is 0.660. The number of esters is 2. The van der Waals surface area contributed by atoms with Crippen molar-refractivity contribution in [3.05, 3.63) is 51.8 Å². The molecule has 0 amide bonds. The maximum Gasteiger partial charge on any atom is 0.359 e. The Balaban J connectivity index is 0.00000364. The van der Waals surface area contributed by atoms with E-state index in [1.54, 1.807) is 26.0 Å². The fraction of sp³-hybridized carbons (Fsp3) is 0.353. The molecule has 0 unspecified atom stereocenters. The Morgan fingerprint density at radius 3 is 2.63 bits per heavy atom. The molecule has 0 spiro atoms. The van der Waals surface area contributed by atoms with E-state index in [1.807, 2.05) is 0 Å². The summed E-state index contributed by atoms with van der Waals surface area (Å²) in [6.07, 6.45) is 1.28. The van der Waals surface area contributed by atoms with Gasteiger partial charge in [-0.05, 0) is 32.0 Å².